The van der Waals surface area contributed by atoms with Crippen LogP contribution >= 0.6 is 23.2 Å². The molecular formula is C20H18Cl2F2O6. The van der Waals surface area contributed by atoms with Gasteiger partial charge < -0.3 is 20.4 Å². The van der Waals surface area contributed by atoms with Gasteiger partial charge in [-0.15, -0.1) is 0 Å². The molecule has 0 aliphatic carbocycles. The molecule has 2 rings (SSSR count). The van der Waals surface area contributed by atoms with Gasteiger partial charge in [-0.1, -0.05) is 35.3 Å². The molecule has 6 nitrogen and oxygen atoms in total. The molecule has 0 aliphatic rings. The lowest BCUT2D eigenvalue weighted by Gasteiger charge is -2.20. The number of halogens is 4. The molecule has 0 aromatic heterocycles. The molecule has 2 unspecified atom stereocenters. The van der Waals surface area contributed by atoms with Crippen LogP contribution in [0, 0.1) is 11.6 Å². The van der Waals surface area contributed by atoms with Gasteiger partial charge in [-0.05, 0) is 35.4 Å². The first-order valence-corrected chi connectivity index (χ1v) is 9.45. The summed E-state index contributed by atoms with van der Waals surface area (Å²) in [5.74, 6) is -4.42. The van der Waals surface area contributed by atoms with Crippen molar-refractivity contribution in [3.05, 3.63) is 69.2 Å². The highest BCUT2D eigenvalue weighted by molar-refractivity contribution is 6.40. The molecule has 0 saturated carbocycles. The van der Waals surface area contributed by atoms with Crippen molar-refractivity contribution in [3.63, 3.8) is 0 Å². The molecule has 0 amide bonds. The lowest BCUT2D eigenvalue weighted by molar-refractivity contribution is -0.152. The molecule has 0 aliphatic heterocycles. The smallest absolute Gasteiger partial charge is 0.232 e. The first kappa shape index (κ1) is 24.3. The van der Waals surface area contributed by atoms with E-state index in [2.05, 4.69) is 0 Å². The Labute approximate surface area is 180 Å². The van der Waals surface area contributed by atoms with E-state index in [1.165, 1.54) is 24.3 Å². The van der Waals surface area contributed by atoms with Crippen LogP contribution in [0.25, 0.3) is 0 Å². The Morgan fingerprint density at radius 1 is 0.733 bits per heavy atom. The minimum absolute atomic E-state index is 0.226. The average Bonchev–Trinajstić information content (AvgIpc) is 2.71. The van der Waals surface area contributed by atoms with Gasteiger partial charge in [-0.25, -0.2) is 8.78 Å². The van der Waals surface area contributed by atoms with Gasteiger partial charge in [-0.3, -0.25) is 9.59 Å². The third-order valence-electron chi connectivity index (χ3n) is 4.37. The number of benzene rings is 2. The molecular weight excluding hydrogens is 445 g/mol. The molecule has 0 fully saturated rings. The fraction of sp³-hybridized carbons (Fsp3) is 0.300. The summed E-state index contributed by atoms with van der Waals surface area (Å²) in [6.45, 7) is 0. The maximum atomic E-state index is 13.2. The molecule has 162 valence electrons. The Kier molecular flexibility index (Phi) is 8.42. The second kappa shape index (κ2) is 10.4. The largest absolute Gasteiger partial charge is 0.390 e. The first-order valence-electron chi connectivity index (χ1n) is 8.69. The normalized spacial score (nSPS) is 15.3. The highest BCUT2D eigenvalue weighted by atomic mass is 35.5. The summed E-state index contributed by atoms with van der Waals surface area (Å²) in [6, 6.07) is 6.99. The molecule has 0 bridgehead atoms. The Bertz CT molecular complexity index is 864. The van der Waals surface area contributed by atoms with E-state index >= 15 is 0 Å². The molecule has 0 radical (unpaired) electrons. The molecule has 0 spiro atoms. The van der Waals surface area contributed by atoms with Crippen LogP contribution in [-0.2, 0) is 22.4 Å². The van der Waals surface area contributed by atoms with E-state index in [4.69, 9.17) is 23.2 Å². The van der Waals surface area contributed by atoms with Gasteiger partial charge in [-0.2, -0.15) is 0 Å². The number of carbonyl (C=O) groups is 2. The zero-order valence-electron chi connectivity index (χ0n) is 15.3. The molecule has 0 heterocycles. The van der Waals surface area contributed by atoms with Gasteiger partial charge in [0.15, 0.2) is 0 Å². The number of hydrogen-bond donors (Lipinski definition) is 4. The topological polar surface area (TPSA) is 115 Å². The number of hydrogen-bond acceptors (Lipinski definition) is 6. The predicted octanol–water partition coefficient (Wildman–Crippen LogP) is 1.64. The Balaban J connectivity index is 2.00. The molecule has 30 heavy (non-hydrogen) atoms. The second-order valence-corrected chi connectivity index (χ2v) is 7.47. The maximum Gasteiger partial charge on any atom is 0.232 e. The quantitative estimate of drug-likeness (QED) is 0.421. The van der Waals surface area contributed by atoms with Crippen molar-refractivity contribution in [2.45, 2.75) is 37.3 Å². The average molecular weight is 463 g/mol. The van der Waals surface area contributed by atoms with Crippen LogP contribution in [-0.4, -0.2) is 56.4 Å². The summed E-state index contributed by atoms with van der Waals surface area (Å²) < 4.78 is 26.3. The van der Waals surface area contributed by atoms with Gasteiger partial charge in [0.1, 0.15) is 23.8 Å². The van der Waals surface area contributed by atoms with Crippen molar-refractivity contribution in [2.75, 3.05) is 0 Å². The van der Waals surface area contributed by atoms with Crippen LogP contribution < -0.4 is 0 Å². The monoisotopic (exact) mass is 462 g/mol. The van der Waals surface area contributed by atoms with Crippen LogP contribution in [0.4, 0.5) is 8.78 Å². The van der Waals surface area contributed by atoms with Crippen molar-refractivity contribution < 1.29 is 38.8 Å². The predicted molar refractivity (Wildman–Crippen MR) is 104 cm³/mol. The van der Waals surface area contributed by atoms with Crippen LogP contribution in [0.1, 0.15) is 11.1 Å². The van der Waals surface area contributed by atoms with E-state index in [1.807, 2.05) is 0 Å². The summed E-state index contributed by atoms with van der Waals surface area (Å²) >= 11 is 11.2. The molecule has 4 N–H and O–H groups in total. The fourth-order valence-electron chi connectivity index (χ4n) is 2.68. The minimum atomic E-state index is -2.19. The van der Waals surface area contributed by atoms with Crippen molar-refractivity contribution >= 4 is 34.8 Å². The zero-order valence-corrected chi connectivity index (χ0v) is 16.8. The van der Waals surface area contributed by atoms with E-state index in [0.717, 1.165) is 12.1 Å². The van der Waals surface area contributed by atoms with E-state index in [1.54, 1.807) is 0 Å². The Hall–Kier alpha value is -1.94. The molecule has 0 saturated heterocycles. The van der Waals surface area contributed by atoms with Gasteiger partial charge >= 0.3 is 0 Å². The first-order chi connectivity index (χ1) is 14.0. The minimum Gasteiger partial charge on any atom is -0.390 e. The number of rotatable bonds is 9. The van der Waals surface area contributed by atoms with Gasteiger partial charge in [0.25, 0.3) is 0 Å². The van der Waals surface area contributed by atoms with Gasteiger partial charge in [0, 0.05) is 12.8 Å². The van der Waals surface area contributed by atoms with E-state index in [-0.39, 0.29) is 22.9 Å². The number of carbonyl (C=O) groups excluding carboxylic acids is 2. The van der Waals surface area contributed by atoms with Crippen molar-refractivity contribution in [3.8, 4) is 0 Å². The lowest BCUT2D eigenvalue weighted by Crippen LogP contribution is -2.47. The lowest BCUT2D eigenvalue weighted by atomic mass is 9.94. The van der Waals surface area contributed by atoms with Crippen molar-refractivity contribution in [1.29, 1.82) is 0 Å². The third-order valence-corrected chi connectivity index (χ3v) is 4.95. The van der Waals surface area contributed by atoms with E-state index in [9.17, 15) is 38.8 Å². The molecule has 2 aromatic rings. The zero-order chi connectivity index (χ0) is 22.6. The SMILES string of the molecule is O=C(C(=O)[C@H](O)C(O)Cc1ccc(F)c(Cl)c1)[C@@H](O)C(O)Cc1ccc(F)c(Cl)c1. The van der Waals surface area contributed by atoms with Crippen LogP contribution in [0.3, 0.4) is 0 Å². The van der Waals surface area contributed by atoms with Gasteiger partial charge in [0.2, 0.25) is 11.6 Å². The molecule has 10 heteroatoms. The van der Waals surface area contributed by atoms with Crippen LogP contribution in [0.5, 0.6) is 0 Å². The summed E-state index contributed by atoms with van der Waals surface area (Å²) in [7, 11) is 0. The maximum absolute atomic E-state index is 13.2. The fourth-order valence-corrected chi connectivity index (χ4v) is 3.09. The third kappa shape index (κ3) is 6.04. The summed E-state index contributed by atoms with van der Waals surface area (Å²) in [5.41, 5.74) is 0.587. The highest BCUT2D eigenvalue weighted by Gasteiger charge is 2.36. The number of Topliss-reactive ketones (excluding diaryl/α,β-unsaturated/α-hetero) is 2. The number of aliphatic hydroxyl groups is 4. The summed E-state index contributed by atoms with van der Waals surface area (Å²) in [4.78, 5) is 24.2. The number of ketones is 2. The standard InChI is InChI=1S/C20H18Cl2F2O6/c21-11-5-9(1-3-13(11)23)7-15(25)17(27)19(29)20(30)18(28)16(26)8-10-2-4-14(24)12(22)6-10/h1-6,15-18,25-28H,7-8H2/t15?,16?,17-,18+. The molecule has 4 atom stereocenters. The van der Waals surface area contributed by atoms with Crippen LogP contribution in [0.15, 0.2) is 36.4 Å². The van der Waals surface area contributed by atoms with Crippen molar-refractivity contribution in [2.24, 2.45) is 0 Å². The van der Waals surface area contributed by atoms with Crippen molar-refractivity contribution in [1.82, 2.24) is 0 Å². The van der Waals surface area contributed by atoms with Crippen LogP contribution in [0.2, 0.25) is 10.0 Å². The number of aliphatic hydroxyl groups excluding tert-OH is 4. The van der Waals surface area contributed by atoms with E-state index in [0.29, 0.717) is 11.1 Å². The summed E-state index contributed by atoms with van der Waals surface area (Å²) in [6.07, 6.45) is -8.53. The second-order valence-electron chi connectivity index (χ2n) is 6.66. The highest BCUT2D eigenvalue weighted by Crippen LogP contribution is 2.19. The van der Waals surface area contributed by atoms with Gasteiger partial charge in [0.05, 0.1) is 22.3 Å². The van der Waals surface area contributed by atoms with E-state index < -0.39 is 47.6 Å². The molecule has 2 aromatic carbocycles. The Morgan fingerprint density at radius 2 is 1.07 bits per heavy atom. The Morgan fingerprint density at radius 3 is 1.37 bits per heavy atom. The summed E-state index contributed by atoms with van der Waals surface area (Å²) in [5, 5.41) is 39.5.